The summed E-state index contributed by atoms with van der Waals surface area (Å²) in [5.41, 5.74) is 4.17. The number of rotatable bonds is 0. The van der Waals surface area contributed by atoms with E-state index in [4.69, 9.17) is 25.2 Å². The summed E-state index contributed by atoms with van der Waals surface area (Å²) in [6.45, 7) is 0. The summed E-state index contributed by atoms with van der Waals surface area (Å²) in [7, 11) is 9.40. The van der Waals surface area contributed by atoms with Crippen LogP contribution in [0, 0.1) is 0 Å². The van der Waals surface area contributed by atoms with Gasteiger partial charge in [-0.2, -0.15) is 0 Å². The molecule has 0 rings (SSSR count). The zero-order chi connectivity index (χ0) is 5.41. The molecule has 0 saturated heterocycles. The molecule has 0 aromatic carbocycles. The molecule has 1 amide bonds. The zero-order valence-electron chi connectivity index (χ0n) is 2.64. The quantitative estimate of drug-likeness (QED) is 0.421. The monoisotopic (exact) mass is 173 g/mol. The Morgan fingerprint density at radius 2 is 1.67 bits per heavy atom. The van der Waals surface area contributed by atoms with Crippen LogP contribution >= 0.6 is 20.4 Å². The third-order valence-electron chi connectivity index (χ3n) is 0. The van der Waals surface area contributed by atoms with Crippen LogP contribution in [0.3, 0.4) is 0 Å². The third kappa shape index (κ3) is 193. The molecule has 0 saturated carbocycles. The molecule has 6 heavy (non-hydrogen) atoms. The molecule has 0 atom stereocenters. The molecule has 5 heteroatoms. The van der Waals surface area contributed by atoms with E-state index in [1.165, 1.54) is 0 Å². The Hall–Kier alpha value is 0.544. The molecule has 0 fully saturated rings. The van der Waals surface area contributed by atoms with Crippen molar-refractivity contribution in [2.45, 2.75) is 0 Å². The Labute approximate surface area is 50.3 Å². The minimum absolute atomic E-state index is 0.250. The van der Waals surface area contributed by atoms with Crippen LogP contribution in [0.1, 0.15) is 0 Å². The fourth-order valence-electron chi connectivity index (χ4n) is 0. The van der Waals surface area contributed by atoms with Gasteiger partial charge in [0.25, 0.3) is 0 Å². The number of carbonyl (C=O) groups is 1. The fourth-order valence-corrected chi connectivity index (χ4v) is 0. The topological polar surface area (TPSA) is 43.1 Å². The Morgan fingerprint density at radius 3 is 1.67 bits per heavy atom. The molecule has 0 aliphatic carbocycles. The van der Waals surface area contributed by atoms with Crippen molar-refractivity contribution in [3.8, 4) is 0 Å². The van der Waals surface area contributed by atoms with Crippen molar-refractivity contribution in [1.82, 2.24) is 0 Å². The summed E-state index contributed by atoms with van der Waals surface area (Å²) in [5, 5.41) is 0. The van der Waals surface area contributed by atoms with Gasteiger partial charge in [-0.15, -0.1) is 0 Å². The summed E-state index contributed by atoms with van der Waals surface area (Å²) in [6, 6.07) is 0. The van der Waals surface area contributed by atoms with Crippen LogP contribution in [-0.4, -0.2) is 6.41 Å². The number of amides is 1. The standard InChI is InChI=1S/CH3NO.2ClH.Ni/c2-1-3;;;/h1H,(H2,2,3);2*1H;/q;;;+2/p-2. The molecule has 0 aromatic heterocycles. The van der Waals surface area contributed by atoms with E-state index >= 15 is 0 Å². The van der Waals surface area contributed by atoms with Gasteiger partial charge in [0.05, 0.1) is 0 Å². The minimum atomic E-state index is 0.250. The van der Waals surface area contributed by atoms with E-state index in [0.717, 1.165) is 0 Å². The average molecular weight is 175 g/mol. The zero-order valence-corrected chi connectivity index (χ0v) is 5.13. The van der Waals surface area contributed by atoms with Crippen LogP contribution in [0.5, 0.6) is 0 Å². The summed E-state index contributed by atoms with van der Waals surface area (Å²) < 4.78 is 0. The van der Waals surface area contributed by atoms with Crippen molar-refractivity contribution in [3.05, 3.63) is 0 Å². The SMILES string of the molecule is NC=O.[Cl][Ni][Cl]. The molecule has 42 valence electrons. The molecule has 0 unspecified atom stereocenters. The summed E-state index contributed by atoms with van der Waals surface area (Å²) in [5.74, 6) is 0. The Kier molecular flexibility index (Phi) is 28.7. The Morgan fingerprint density at radius 1 is 1.67 bits per heavy atom. The molecular weight excluding hydrogens is 172 g/mol. The van der Waals surface area contributed by atoms with Gasteiger partial charge in [-0.25, -0.2) is 0 Å². The van der Waals surface area contributed by atoms with E-state index in [1.54, 1.807) is 0 Å². The molecule has 0 aliphatic heterocycles. The second-order valence-corrected chi connectivity index (χ2v) is 1.81. The van der Waals surface area contributed by atoms with Crippen molar-refractivity contribution in [2.24, 2.45) is 5.73 Å². The van der Waals surface area contributed by atoms with Crippen LogP contribution in [0.4, 0.5) is 0 Å². The Balaban J connectivity index is 0. The van der Waals surface area contributed by atoms with Gasteiger partial charge in [0.15, 0.2) is 0 Å². The predicted octanol–water partition coefficient (Wildman–Crippen LogP) is 0.478. The van der Waals surface area contributed by atoms with Crippen LogP contribution in [0.2, 0.25) is 0 Å². The van der Waals surface area contributed by atoms with Crippen LogP contribution < -0.4 is 5.73 Å². The number of halogens is 2. The first-order valence-corrected chi connectivity index (χ1v) is 3.53. The van der Waals surface area contributed by atoms with Gasteiger partial charge in [0.1, 0.15) is 0 Å². The van der Waals surface area contributed by atoms with Gasteiger partial charge in [-0.1, -0.05) is 0 Å². The first-order chi connectivity index (χ1) is 2.83. The van der Waals surface area contributed by atoms with E-state index < -0.39 is 0 Å². The van der Waals surface area contributed by atoms with Crippen LogP contribution in [-0.2, 0) is 17.4 Å². The molecule has 0 bridgehead atoms. The number of primary amides is 1. The third-order valence-corrected chi connectivity index (χ3v) is 0. The summed E-state index contributed by atoms with van der Waals surface area (Å²) >= 11 is 0.569. The van der Waals surface area contributed by atoms with E-state index in [9.17, 15) is 0 Å². The summed E-state index contributed by atoms with van der Waals surface area (Å²) in [6.07, 6.45) is 0.250. The molecule has 2 N–H and O–H groups in total. The van der Waals surface area contributed by atoms with Crippen molar-refractivity contribution in [1.29, 1.82) is 0 Å². The maximum atomic E-state index is 8.58. The van der Waals surface area contributed by atoms with Crippen molar-refractivity contribution in [2.75, 3.05) is 0 Å². The summed E-state index contributed by atoms with van der Waals surface area (Å²) in [4.78, 5) is 8.58. The van der Waals surface area contributed by atoms with Crippen LogP contribution in [0.15, 0.2) is 0 Å². The molecular formula is CH3Cl2NNiO. The second kappa shape index (κ2) is 17.7. The maximum absolute atomic E-state index is 8.58. The molecule has 0 aliphatic rings. The number of hydrogen-bond donors (Lipinski definition) is 1. The number of hydrogen-bond acceptors (Lipinski definition) is 1. The van der Waals surface area contributed by atoms with Gasteiger partial charge in [-0.05, 0) is 0 Å². The first kappa shape index (κ1) is 9.74. The van der Waals surface area contributed by atoms with Gasteiger partial charge in [-0.3, -0.25) is 4.79 Å². The second-order valence-electron chi connectivity index (χ2n) is 0.181. The molecule has 2 nitrogen and oxygen atoms in total. The molecule has 0 aromatic rings. The first-order valence-electron chi connectivity index (χ1n) is 0.808. The van der Waals surface area contributed by atoms with E-state index in [2.05, 4.69) is 5.73 Å². The Bertz CT molecular complexity index is 27.5. The van der Waals surface area contributed by atoms with E-state index in [-0.39, 0.29) is 6.41 Å². The van der Waals surface area contributed by atoms with Gasteiger partial charge < -0.3 is 5.73 Å². The van der Waals surface area contributed by atoms with Crippen LogP contribution in [0.25, 0.3) is 0 Å². The molecule has 0 spiro atoms. The van der Waals surface area contributed by atoms with E-state index in [1.807, 2.05) is 0 Å². The van der Waals surface area contributed by atoms with Crippen molar-refractivity contribution >= 4 is 26.8 Å². The van der Waals surface area contributed by atoms with E-state index in [0.29, 0.717) is 12.7 Å². The van der Waals surface area contributed by atoms with Crippen molar-refractivity contribution in [3.63, 3.8) is 0 Å². The molecule has 0 radical (unpaired) electrons. The van der Waals surface area contributed by atoms with Gasteiger partial charge in [0, 0.05) is 0 Å². The number of carbonyl (C=O) groups excluding carboxylic acids is 1. The van der Waals surface area contributed by atoms with Gasteiger partial charge >= 0.3 is 33.0 Å². The fraction of sp³-hybridized carbons (Fsp3) is 0. The molecule has 0 heterocycles. The number of nitrogens with two attached hydrogens (primary N) is 1. The predicted molar refractivity (Wildman–Crippen MR) is 22.0 cm³/mol. The average Bonchev–Trinajstić information content (AvgIpc) is 1.39. The van der Waals surface area contributed by atoms with Gasteiger partial charge in [0.2, 0.25) is 6.41 Å². The normalized spacial score (nSPS) is 5.67. The van der Waals surface area contributed by atoms with Crippen molar-refractivity contribution < 1.29 is 17.4 Å².